The summed E-state index contributed by atoms with van der Waals surface area (Å²) in [5, 5.41) is 4.76. The van der Waals surface area contributed by atoms with Gasteiger partial charge in [0.15, 0.2) is 11.6 Å². The molecule has 1 aliphatic carbocycles. The minimum Gasteiger partial charge on any atom is -0.359 e. The van der Waals surface area contributed by atoms with Gasteiger partial charge in [-0.3, -0.25) is 4.98 Å². The Bertz CT molecular complexity index is 941. The summed E-state index contributed by atoms with van der Waals surface area (Å²) >= 11 is 5.23. The molecule has 0 aliphatic heterocycles. The van der Waals surface area contributed by atoms with Gasteiger partial charge in [-0.05, 0) is 17.7 Å². The van der Waals surface area contributed by atoms with Crippen molar-refractivity contribution in [3.8, 4) is 0 Å². The summed E-state index contributed by atoms with van der Waals surface area (Å²) in [4.78, 5) is 13.0. The van der Waals surface area contributed by atoms with Crippen LogP contribution in [0.5, 0.6) is 0 Å². The fourth-order valence-corrected chi connectivity index (χ4v) is 2.45. The van der Waals surface area contributed by atoms with Crippen LogP contribution in [0.2, 0.25) is 5.28 Å². The van der Waals surface area contributed by atoms with Crippen LogP contribution in [0.15, 0.2) is 97.1 Å². The second kappa shape index (κ2) is 12.0. The van der Waals surface area contributed by atoms with Crippen LogP contribution in [0, 0.1) is 11.6 Å². The molecular weight excluding hydrogens is 542 g/mol. The van der Waals surface area contributed by atoms with Crippen molar-refractivity contribution in [2.45, 2.75) is 6.42 Å². The molecule has 0 atom stereocenters. The molecule has 4 nitrogen and oxygen atoms in total. The number of nitrogens with zero attached hydrogens (tertiary/aromatic N) is 4. The van der Waals surface area contributed by atoms with Gasteiger partial charge in [-0.1, -0.05) is 97.1 Å². The van der Waals surface area contributed by atoms with Gasteiger partial charge in [0.25, 0.3) is 0 Å². The SMILES string of the molecule is [ClH+]c1nc([N-]c2ccccccccc2)nc(/C2=C/C=C\C=C/C=C\C2)n1.[Re]. The van der Waals surface area contributed by atoms with Crippen molar-refractivity contribution < 1.29 is 32.0 Å². The average Bonchev–Trinajstić information content (AvgIpc) is 2.80. The molecule has 1 aliphatic rings. The van der Waals surface area contributed by atoms with Gasteiger partial charge in [0.2, 0.25) is 0 Å². The van der Waals surface area contributed by atoms with E-state index in [9.17, 15) is 0 Å². The summed E-state index contributed by atoms with van der Waals surface area (Å²) < 4.78 is 0. The monoisotopic (exact) mass is 561 g/mol. The molecule has 0 amide bonds. The first kappa shape index (κ1) is 21.7. The predicted octanol–water partition coefficient (Wildman–Crippen LogP) is 5.48. The van der Waals surface area contributed by atoms with Crippen LogP contribution < -0.4 is 0 Å². The van der Waals surface area contributed by atoms with Crippen LogP contribution >= 0.6 is 0 Å². The Balaban J connectivity index is 0.00000280. The predicted molar refractivity (Wildman–Crippen MR) is 107 cm³/mol. The zero-order valence-corrected chi connectivity index (χ0v) is 18.6. The molecule has 0 bridgehead atoms. The summed E-state index contributed by atoms with van der Waals surface area (Å²) in [6.07, 6.45) is 14.6. The summed E-state index contributed by atoms with van der Waals surface area (Å²) in [6, 6.07) is 17.3. The van der Waals surface area contributed by atoms with E-state index in [-0.39, 0.29) is 25.7 Å². The van der Waals surface area contributed by atoms with Gasteiger partial charge in [0.1, 0.15) is 0 Å². The fourth-order valence-electron chi connectivity index (χ4n) is 2.29. The number of hydrogen-bond acceptors (Lipinski definition) is 3. The van der Waals surface area contributed by atoms with Gasteiger partial charge in [-0.2, -0.15) is 4.98 Å². The Morgan fingerprint density at radius 1 is 0.750 bits per heavy atom. The van der Waals surface area contributed by atoms with Crippen LogP contribution in [0.4, 0.5) is 11.6 Å². The topological polar surface area (TPSA) is 52.8 Å². The van der Waals surface area contributed by atoms with E-state index in [1.807, 2.05) is 91.1 Å². The maximum absolute atomic E-state index is 5.23. The Morgan fingerprint density at radius 2 is 1.39 bits per heavy atom. The summed E-state index contributed by atoms with van der Waals surface area (Å²) in [6.45, 7) is 0. The zero-order valence-electron chi connectivity index (χ0n) is 15.0. The van der Waals surface area contributed by atoms with Crippen molar-refractivity contribution >= 4 is 17.2 Å². The Morgan fingerprint density at radius 3 is 2.14 bits per heavy atom. The molecule has 2 aromatic rings. The molecule has 1 aromatic heterocycles. The Labute approximate surface area is 183 Å². The molecule has 28 heavy (non-hydrogen) atoms. The quantitative estimate of drug-likeness (QED) is 0.499. The molecule has 0 saturated heterocycles. The van der Waals surface area contributed by atoms with E-state index in [4.69, 9.17) is 11.6 Å². The molecule has 0 saturated carbocycles. The number of halogens is 1. The van der Waals surface area contributed by atoms with Crippen LogP contribution in [0.3, 0.4) is 0 Å². The third kappa shape index (κ3) is 7.21. The molecule has 0 fully saturated rings. The van der Waals surface area contributed by atoms with E-state index in [0.717, 1.165) is 11.3 Å². The number of rotatable bonds is 3. The van der Waals surface area contributed by atoms with Gasteiger partial charge in [0, 0.05) is 26.4 Å². The van der Waals surface area contributed by atoms with Crippen molar-refractivity contribution in [1.82, 2.24) is 15.0 Å². The molecule has 0 N–H and O–H groups in total. The average molecular weight is 561 g/mol. The molecular formula is C22H19ClN4Re. The molecule has 0 unspecified atom stereocenters. The molecule has 6 heteroatoms. The van der Waals surface area contributed by atoms with Crippen molar-refractivity contribution in [1.29, 1.82) is 0 Å². The minimum atomic E-state index is 0. The number of hydrogen-bond donors (Lipinski definition) is 0. The van der Waals surface area contributed by atoms with E-state index in [1.54, 1.807) is 0 Å². The van der Waals surface area contributed by atoms with Crippen LogP contribution in [0.25, 0.3) is 10.9 Å². The van der Waals surface area contributed by atoms with Gasteiger partial charge >= 0.3 is 5.28 Å². The summed E-state index contributed by atoms with van der Waals surface area (Å²) in [5.74, 6) is 0.852. The van der Waals surface area contributed by atoms with Crippen LogP contribution in [-0.2, 0) is 20.4 Å². The maximum atomic E-state index is 5.23. The second-order valence-corrected chi connectivity index (χ2v) is 5.92. The van der Waals surface area contributed by atoms with Gasteiger partial charge in [-0.25, -0.2) is 0 Å². The molecule has 1 heterocycles. The van der Waals surface area contributed by atoms with Crippen molar-refractivity contribution in [2.24, 2.45) is 0 Å². The van der Waals surface area contributed by atoms with E-state index in [0.29, 0.717) is 18.2 Å². The van der Waals surface area contributed by atoms with E-state index in [2.05, 4.69) is 26.3 Å². The minimum absolute atomic E-state index is 0. The zero-order chi connectivity index (χ0) is 18.7. The van der Waals surface area contributed by atoms with Crippen molar-refractivity contribution in [2.75, 3.05) is 0 Å². The molecule has 1 radical (unpaired) electrons. The maximum Gasteiger partial charge on any atom is 0.351 e. The fraction of sp³-hybridized carbons (Fsp3) is 0.0455. The molecule has 0 spiro atoms. The van der Waals surface area contributed by atoms with E-state index < -0.39 is 0 Å². The van der Waals surface area contributed by atoms with Crippen LogP contribution in [-0.4, -0.2) is 15.0 Å². The second-order valence-electron chi connectivity index (χ2n) is 5.55. The van der Waals surface area contributed by atoms with Crippen molar-refractivity contribution in [3.63, 3.8) is 0 Å². The first-order valence-corrected chi connectivity index (χ1v) is 8.95. The summed E-state index contributed by atoms with van der Waals surface area (Å²) in [7, 11) is 0. The smallest absolute Gasteiger partial charge is 0.351 e. The van der Waals surface area contributed by atoms with E-state index in [1.165, 1.54) is 0 Å². The molecule has 3 rings (SSSR count). The molecule has 141 valence electrons. The largest absolute Gasteiger partial charge is 0.359 e. The number of allylic oxidation sites excluding steroid dienone is 8. The van der Waals surface area contributed by atoms with E-state index >= 15 is 0 Å². The molecule has 1 aromatic carbocycles. The van der Waals surface area contributed by atoms with Crippen molar-refractivity contribution in [3.05, 3.63) is 114 Å². The van der Waals surface area contributed by atoms with Gasteiger partial charge in [-0.15, -0.1) is 0 Å². The Hall–Kier alpha value is -2.58. The summed E-state index contributed by atoms with van der Waals surface area (Å²) in [5.41, 5.74) is 1.68. The third-order valence-electron chi connectivity index (χ3n) is 3.54. The van der Waals surface area contributed by atoms with Gasteiger partial charge in [0.05, 0.1) is 5.82 Å². The first-order valence-electron chi connectivity index (χ1n) is 8.54. The van der Waals surface area contributed by atoms with Gasteiger partial charge < -0.3 is 10.3 Å². The standard InChI is InChI=1S/C22H19ClN4.Re/c23-21-25-20(18-14-10-6-4-5-7-11-15-18)26-22(27-21)24-19-16-12-8-2-1-3-9-13-17-19;/h1-14,16-17,23H,15H2;/b2-1?,3-1?,5-4-,8-2?,9-3?,10-6-,11-7-,12-8?,13-9?,16-12?,17-13?,18-14+,19-16?,19-17?;. The normalized spacial score (nSPS) is 17.8. The number of aromatic nitrogens is 3. The van der Waals surface area contributed by atoms with Crippen LogP contribution in [0.1, 0.15) is 12.2 Å². The Kier molecular flexibility index (Phi) is 9.30. The third-order valence-corrected chi connectivity index (χ3v) is 3.72. The first-order chi connectivity index (χ1) is 13.3.